The fraction of sp³-hybridized carbons (Fsp3) is 0.231. The first-order valence-electron chi connectivity index (χ1n) is 5.49. The van der Waals surface area contributed by atoms with E-state index in [2.05, 4.69) is 0 Å². The number of rotatable bonds is 5. The Labute approximate surface area is 110 Å². The molecule has 1 aromatic rings. The highest BCUT2D eigenvalue weighted by Gasteiger charge is 2.35. The summed E-state index contributed by atoms with van der Waals surface area (Å²) in [6.45, 7) is 0.747. The average molecular weight is 266 g/mol. The van der Waals surface area contributed by atoms with Gasteiger partial charge in [-0.1, -0.05) is 35.9 Å². The summed E-state index contributed by atoms with van der Waals surface area (Å²) in [7, 11) is 0. The van der Waals surface area contributed by atoms with Crippen LogP contribution < -0.4 is 0 Å². The van der Waals surface area contributed by atoms with Crippen LogP contribution in [0.3, 0.4) is 0 Å². The maximum absolute atomic E-state index is 11.7. The quantitative estimate of drug-likeness (QED) is 0.603. The SMILES string of the molecule is O=CC(=O)C1c2ccccc2CN1OCC=CCl. The molecule has 0 fully saturated rings. The molecule has 5 heteroatoms. The lowest BCUT2D eigenvalue weighted by Crippen LogP contribution is -2.29. The number of aldehydes is 1. The van der Waals surface area contributed by atoms with Crippen LogP contribution in [-0.2, 0) is 21.0 Å². The molecule has 1 aromatic carbocycles. The van der Waals surface area contributed by atoms with E-state index in [4.69, 9.17) is 16.4 Å². The summed E-state index contributed by atoms with van der Waals surface area (Å²) in [5, 5.41) is 1.51. The molecule has 0 spiro atoms. The van der Waals surface area contributed by atoms with Crippen molar-refractivity contribution in [1.29, 1.82) is 0 Å². The average Bonchev–Trinajstić information content (AvgIpc) is 2.76. The van der Waals surface area contributed by atoms with Gasteiger partial charge in [0.2, 0.25) is 5.78 Å². The van der Waals surface area contributed by atoms with E-state index < -0.39 is 11.8 Å². The van der Waals surface area contributed by atoms with E-state index >= 15 is 0 Å². The van der Waals surface area contributed by atoms with Crippen molar-refractivity contribution in [3.05, 3.63) is 47.0 Å². The molecule has 0 amide bonds. The molecule has 4 nitrogen and oxygen atoms in total. The fourth-order valence-electron chi connectivity index (χ4n) is 2.01. The molecular formula is C13H12ClNO3. The van der Waals surface area contributed by atoms with E-state index in [9.17, 15) is 9.59 Å². The molecule has 18 heavy (non-hydrogen) atoms. The molecule has 1 atom stereocenters. The molecule has 1 heterocycles. The zero-order valence-corrected chi connectivity index (χ0v) is 10.3. The van der Waals surface area contributed by atoms with E-state index in [-0.39, 0.29) is 6.61 Å². The summed E-state index contributed by atoms with van der Waals surface area (Å²) < 4.78 is 0. The number of carbonyl (C=O) groups is 2. The topological polar surface area (TPSA) is 46.6 Å². The molecule has 94 valence electrons. The minimum atomic E-state index is -0.651. The van der Waals surface area contributed by atoms with Gasteiger partial charge in [-0.05, 0) is 17.2 Å². The number of hydroxylamine groups is 2. The highest BCUT2D eigenvalue weighted by atomic mass is 35.5. The fourth-order valence-corrected chi connectivity index (χ4v) is 2.09. The van der Waals surface area contributed by atoms with Gasteiger partial charge in [0.1, 0.15) is 6.04 Å². The van der Waals surface area contributed by atoms with Crippen LogP contribution in [0.1, 0.15) is 17.2 Å². The maximum Gasteiger partial charge on any atom is 0.219 e. The number of ketones is 1. The number of benzene rings is 1. The van der Waals surface area contributed by atoms with Crippen LogP contribution in [0.25, 0.3) is 0 Å². The zero-order chi connectivity index (χ0) is 13.0. The maximum atomic E-state index is 11.7. The normalized spacial score (nSPS) is 19.1. The third-order valence-corrected chi connectivity index (χ3v) is 2.95. The van der Waals surface area contributed by atoms with Gasteiger partial charge in [0.05, 0.1) is 13.2 Å². The van der Waals surface area contributed by atoms with Crippen molar-refractivity contribution in [2.45, 2.75) is 12.6 Å². The standard InChI is InChI=1S/C13H12ClNO3/c14-6-3-7-18-15-8-10-4-1-2-5-11(10)13(15)12(17)9-16/h1-6,9,13H,7-8H2. The Kier molecular flexibility index (Phi) is 4.25. The van der Waals surface area contributed by atoms with E-state index in [1.165, 1.54) is 10.6 Å². The Bertz CT molecular complexity index is 487. The van der Waals surface area contributed by atoms with Crippen LogP contribution in [0.4, 0.5) is 0 Å². The van der Waals surface area contributed by atoms with Gasteiger partial charge in [-0.25, -0.2) is 0 Å². The Balaban J connectivity index is 2.22. The Hall–Kier alpha value is -1.49. The van der Waals surface area contributed by atoms with Gasteiger partial charge < -0.3 is 0 Å². The minimum Gasteiger partial charge on any atom is -0.295 e. The van der Waals surface area contributed by atoms with E-state index in [1.807, 2.05) is 24.3 Å². The van der Waals surface area contributed by atoms with Crippen molar-refractivity contribution >= 4 is 23.7 Å². The van der Waals surface area contributed by atoms with Crippen molar-refractivity contribution in [2.24, 2.45) is 0 Å². The molecular weight excluding hydrogens is 254 g/mol. The highest BCUT2D eigenvalue weighted by Crippen LogP contribution is 2.33. The van der Waals surface area contributed by atoms with Crippen LogP contribution in [0.5, 0.6) is 0 Å². The summed E-state index contributed by atoms with van der Waals surface area (Å²) in [6.07, 6.45) is 1.95. The Morgan fingerprint density at radius 2 is 2.28 bits per heavy atom. The molecule has 1 aliphatic heterocycles. The molecule has 0 radical (unpaired) electrons. The van der Waals surface area contributed by atoms with Crippen molar-refractivity contribution in [3.63, 3.8) is 0 Å². The van der Waals surface area contributed by atoms with Gasteiger partial charge in [0.25, 0.3) is 0 Å². The number of fused-ring (bicyclic) bond motifs is 1. The monoisotopic (exact) mass is 265 g/mol. The molecule has 0 saturated heterocycles. The van der Waals surface area contributed by atoms with Crippen LogP contribution >= 0.6 is 11.6 Å². The minimum absolute atomic E-state index is 0.264. The van der Waals surface area contributed by atoms with E-state index in [1.54, 1.807) is 6.08 Å². The first kappa shape index (κ1) is 13.0. The first-order chi connectivity index (χ1) is 8.77. The smallest absolute Gasteiger partial charge is 0.219 e. The summed E-state index contributed by atoms with van der Waals surface area (Å²) in [5.74, 6) is -0.505. The molecule has 2 rings (SSSR count). The number of halogens is 1. The van der Waals surface area contributed by atoms with E-state index in [0.717, 1.165) is 11.1 Å². The molecule has 0 saturated carbocycles. The third kappa shape index (κ3) is 2.51. The summed E-state index contributed by atoms with van der Waals surface area (Å²) in [6, 6.07) is 6.83. The number of carbonyl (C=O) groups excluding carboxylic acids is 2. The molecule has 1 aliphatic rings. The number of hydrogen-bond acceptors (Lipinski definition) is 4. The van der Waals surface area contributed by atoms with Crippen molar-refractivity contribution < 1.29 is 14.4 Å². The predicted octanol–water partition coefficient (Wildman–Crippen LogP) is 2.00. The largest absolute Gasteiger partial charge is 0.295 e. The molecule has 0 aliphatic carbocycles. The van der Waals surface area contributed by atoms with Crippen LogP contribution in [0.2, 0.25) is 0 Å². The lowest BCUT2D eigenvalue weighted by atomic mass is 10.0. The van der Waals surface area contributed by atoms with Crippen molar-refractivity contribution in [2.75, 3.05) is 6.61 Å². The van der Waals surface area contributed by atoms with Gasteiger partial charge in [0.15, 0.2) is 6.29 Å². The van der Waals surface area contributed by atoms with Crippen molar-refractivity contribution in [1.82, 2.24) is 5.06 Å². The van der Waals surface area contributed by atoms with Gasteiger partial charge in [-0.15, -0.1) is 0 Å². The van der Waals surface area contributed by atoms with E-state index in [0.29, 0.717) is 12.8 Å². The summed E-state index contributed by atoms with van der Waals surface area (Å²) in [4.78, 5) is 27.8. The van der Waals surface area contributed by atoms with Gasteiger partial charge in [-0.2, -0.15) is 5.06 Å². The second-order valence-electron chi connectivity index (χ2n) is 3.85. The molecule has 0 bridgehead atoms. The summed E-state index contributed by atoms with van der Waals surface area (Å²) >= 11 is 5.40. The Morgan fingerprint density at radius 3 is 3.00 bits per heavy atom. The van der Waals surface area contributed by atoms with Crippen LogP contribution in [0.15, 0.2) is 35.9 Å². The first-order valence-corrected chi connectivity index (χ1v) is 5.93. The second-order valence-corrected chi connectivity index (χ2v) is 4.11. The van der Waals surface area contributed by atoms with Gasteiger partial charge >= 0.3 is 0 Å². The highest BCUT2D eigenvalue weighted by molar-refractivity contribution is 6.27. The number of hydrogen-bond donors (Lipinski definition) is 0. The van der Waals surface area contributed by atoms with Gasteiger partial charge in [-0.3, -0.25) is 14.4 Å². The molecule has 1 unspecified atom stereocenters. The second kappa shape index (κ2) is 5.91. The lowest BCUT2D eigenvalue weighted by Gasteiger charge is -2.20. The third-order valence-electron chi connectivity index (χ3n) is 2.78. The van der Waals surface area contributed by atoms with Crippen LogP contribution in [-0.4, -0.2) is 23.7 Å². The predicted molar refractivity (Wildman–Crippen MR) is 66.7 cm³/mol. The molecule has 0 N–H and O–H groups in total. The lowest BCUT2D eigenvalue weighted by molar-refractivity contribution is -0.182. The number of Topliss-reactive ketones (excluding diaryl/α,β-unsaturated/α-hetero) is 1. The Morgan fingerprint density at radius 1 is 1.50 bits per heavy atom. The van der Waals surface area contributed by atoms with Gasteiger partial charge in [0, 0.05) is 5.54 Å². The molecule has 0 aromatic heterocycles. The van der Waals surface area contributed by atoms with Crippen LogP contribution in [0, 0.1) is 0 Å². The summed E-state index contributed by atoms with van der Waals surface area (Å²) in [5.41, 5.74) is 3.16. The number of nitrogens with zero attached hydrogens (tertiary/aromatic N) is 1. The zero-order valence-electron chi connectivity index (χ0n) is 9.58. The van der Waals surface area contributed by atoms with Crippen molar-refractivity contribution in [3.8, 4) is 0 Å².